The van der Waals surface area contributed by atoms with Crippen molar-refractivity contribution in [3.05, 3.63) is 194 Å². The fourth-order valence-electron chi connectivity index (χ4n) is 11.4. The van der Waals surface area contributed by atoms with Gasteiger partial charge in [-0.15, -0.1) is 0 Å². The molecule has 0 radical (unpaired) electrons. The molecule has 0 saturated carbocycles. The van der Waals surface area contributed by atoms with E-state index in [0.717, 1.165) is 141 Å². The van der Waals surface area contributed by atoms with E-state index in [1.54, 1.807) is 0 Å². The second-order valence-corrected chi connectivity index (χ2v) is 28.7. The third-order valence-electron chi connectivity index (χ3n) is 17.5. The molecular weight excluding hydrogens is 1290 g/mol. The number of phosphoric acid groups is 1. The lowest BCUT2D eigenvalue weighted by Crippen LogP contribution is -2.29. The molecule has 0 rings (SSSR count). The Bertz CT molecular complexity index is 2410. The van der Waals surface area contributed by atoms with Crippen LogP contribution < -0.4 is 5.73 Å². The van der Waals surface area contributed by atoms with Gasteiger partial charge in [0, 0.05) is 19.4 Å². The largest absolute Gasteiger partial charge is 0.472 e. The Balaban J connectivity index is 3.85. The molecule has 0 aliphatic rings. The summed E-state index contributed by atoms with van der Waals surface area (Å²) >= 11 is 0. The molecule has 2 atom stereocenters. The monoisotopic (exact) mass is 1440 g/mol. The highest BCUT2D eigenvalue weighted by Crippen LogP contribution is 2.43. The molecule has 10 heteroatoms. The maximum atomic E-state index is 12.8. The van der Waals surface area contributed by atoms with E-state index in [4.69, 9.17) is 24.3 Å². The standard InChI is InChI=1S/C93H154NO8P/c1-3-5-7-9-11-13-15-17-19-21-23-25-27-29-31-33-35-37-39-41-43-45-47-49-51-53-55-57-59-61-63-65-67-69-71-73-75-77-79-81-83-85-92(95)99-89-91(90-101-103(97,98)100-88-87-94)102-93(96)86-84-82-80-78-76-74-72-70-68-66-64-62-60-58-56-54-52-50-48-46-44-42-40-38-36-34-32-30-28-26-24-22-20-18-16-14-12-10-8-6-4-2/h5-8,11-14,17-20,23-26,29-32,35-38,41-44,47-50,91H,3-4,9-10,15-16,21-22,27-28,33-34,39-40,45-46,51-90,94H2,1-2H3,(H,97,98)/b7-5-,8-6-,13-11-,14-12-,19-17-,20-18-,25-23-,26-24-,31-29-,32-30-,37-35-,38-36-,43-41-,44-42-,49-47-,50-48-. The van der Waals surface area contributed by atoms with Crippen LogP contribution in [0.2, 0.25) is 0 Å². The number of carbonyl (C=O) groups excluding carboxylic acids is 2. The van der Waals surface area contributed by atoms with Crippen molar-refractivity contribution in [2.45, 2.75) is 354 Å². The fraction of sp³-hybridized carbons (Fsp3) is 0.634. The van der Waals surface area contributed by atoms with Crippen LogP contribution in [0.3, 0.4) is 0 Å². The van der Waals surface area contributed by atoms with Gasteiger partial charge in [0.25, 0.3) is 0 Å². The predicted octanol–water partition coefficient (Wildman–Crippen LogP) is 28.8. The zero-order valence-electron chi connectivity index (χ0n) is 66.0. The molecular formula is C93H154NO8P. The van der Waals surface area contributed by atoms with Crippen LogP contribution in [-0.4, -0.2) is 49.3 Å². The second kappa shape index (κ2) is 85.8. The first-order valence-electron chi connectivity index (χ1n) is 41.9. The Morgan fingerprint density at radius 1 is 0.291 bits per heavy atom. The molecule has 9 nitrogen and oxygen atoms in total. The van der Waals surface area contributed by atoms with Crippen molar-refractivity contribution in [1.82, 2.24) is 0 Å². The lowest BCUT2D eigenvalue weighted by atomic mass is 10.0. The number of ether oxygens (including phenoxy) is 2. The van der Waals surface area contributed by atoms with Crippen LogP contribution in [0.25, 0.3) is 0 Å². The smallest absolute Gasteiger partial charge is 0.462 e. The van der Waals surface area contributed by atoms with Crippen molar-refractivity contribution in [1.29, 1.82) is 0 Å². The normalized spacial score (nSPS) is 13.9. The Morgan fingerprint density at radius 2 is 0.505 bits per heavy atom. The van der Waals surface area contributed by atoms with E-state index < -0.39 is 26.5 Å². The number of phosphoric ester groups is 1. The number of allylic oxidation sites excluding steroid dienone is 32. The van der Waals surface area contributed by atoms with Gasteiger partial charge in [-0.25, -0.2) is 4.57 Å². The number of carbonyl (C=O) groups is 2. The summed E-state index contributed by atoms with van der Waals surface area (Å²) in [6.07, 6.45) is 130. The quantitative estimate of drug-likeness (QED) is 0.0264. The SMILES string of the molecule is CC/C=C\C/C=C\C/C=C\C/C=C\C/C=C\C/C=C\C/C=C\C/C=C\CCCCCCCCCCCCCCCCCCC(=O)OCC(COP(=O)(O)OCCN)OC(=O)CCCCCCCCCCCCCCCCCC/C=C\C/C=C\C/C=C\C/C=C\C/C=C\C/C=C\C/C=C\C/C=C\CC. The highest BCUT2D eigenvalue weighted by Gasteiger charge is 2.26. The number of hydrogen-bond donors (Lipinski definition) is 2. The molecule has 0 aliphatic carbocycles. The molecule has 0 aromatic rings. The average Bonchev–Trinajstić information content (AvgIpc) is 1.08. The molecule has 0 aliphatic heterocycles. The van der Waals surface area contributed by atoms with Crippen LogP contribution in [-0.2, 0) is 32.7 Å². The van der Waals surface area contributed by atoms with E-state index >= 15 is 0 Å². The molecule has 0 fully saturated rings. The second-order valence-electron chi connectivity index (χ2n) is 27.2. The molecule has 0 amide bonds. The summed E-state index contributed by atoms with van der Waals surface area (Å²) in [4.78, 5) is 35.5. The lowest BCUT2D eigenvalue weighted by Gasteiger charge is -2.19. The van der Waals surface area contributed by atoms with E-state index in [2.05, 4.69) is 208 Å². The zero-order chi connectivity index (χ0) is 74.3. The fourth-order valence-corrected chi connectivity index (χ4v) is 12.1. The third kappa shape index (κ3) is 85.7. The van der Waals surface area contributed by atoms with Gasteiger partial charge < -0.3 is 20.1 Å². The molecule has 2 unspecified atom stereocenters. The van der Waals surface area contributed by atoms with Crippen molar-refractivity contribution in [2.75, 3.05) is 26.4 Å². The summed E-state index contributed by atoms with van der Waals surface area (Å²) < 4.78 is 33.3. The molecule has 584 valence electrons. The van der Waals surface area contributed by atoms with E-state index in [9.17, 15) is 19.0 Å². The van der Waals surface area contributed by atoms with Crippen LogP contribution in [0.1, 0.15) is 348 Å². The minimum Gasteiger partial charge on any atom is -0.462 e. The Labute approximate surface area is 634 Å². The molecule has 3 N–H and O–H groups in total. The molecule has 103 heavy (non-hydrogen) atoms. The summed E-state index contributed by atoms with van der Waals surface area (Å²) in [5.41, 5.74) is 5.42. The van der Waals surface area contributed by atoms with E-state index in [1.807, 2.05) is 0 Å². The number of rotatable bonds is 77. The van der Waals surface area contributed by atoms with Gasteiger partial charge in [-0.2, -0.15) is 0 Å². The molecule has 0 bridgehead atoms. The van der Waals surface area contributed by atoms with Crippen LogP contribution in [0.5, 0.6) is 0 Å². The van der Waals surface area contributed by atoms with Crippen molar-refractivity contribution in [3.63, 3.8) is 0 Å². The first-order valence-corrected chi connectivity index (χ1v) is 43.4. The summed E-state index contributed by atoms with van der Waals surface area (Å²) in [6, 6.07) is 0. The molecule has 0 aromatic carbocycles. The van der Waals surface area contributed by atoms with Crippen molar-refractivity contribution >= 4 is 19.8 Å². The summed E-state index contributed by atoms with van der Waals surface area (Å²) in [5.74, 6) is -0.824. The molecule has 0 aromatic heterocycles. The number of nitrogens with two attached hydrogens (primary N) is 1. The predicted molar refractivity (Wildman–Crippen MR) is 449 cm³/mol. The van der Waals surface area contributed by atoms with Gasteiger partial charge in [0.1, 0.15) is 6.61 Å². The maximum absolute atomic E-state index is 12.8. The zero-order valence-corrected chi connectivity index (χ0v) is 66.9. The van der Waals surface area contributed by atoms with Gasteiger partial charge in [0.2, 0.25) is 0 Å². The summed E-state index contributed by atoms with van der Waals surface area (Å²) in [7, 11) is -4.41. The van der Waals surface area contributed by atoms with Gasteiger partial charge in [-0.1, -0.05) is 388 Å². The number of esters is 2. The van der Waals surface area contributed by atoms with Gasteiger partial charge in [0.15, 0.2) is 6.10 Å². The minimum atomic E-state index is -4.41. The topological polar surface area (TPSA) is 134 Å². The van der Waals surface area contributed by atoms with Gasteiger partial charge in [0.05, 0.1) is 13.2 Å². The van der Waals surface area contributed by atoms with E-state index in [-0.39, 0.29) is 38.6 Å². The number of hydrogen-bond acceptors (Lipinski definition) is 8. The first kappa shape index (κ1) is 97.8. The minimum absolute atomic E-state index is 0.0478. The highest BCUT2D eigenvalue weighted by atomic mass is 31.2. The van der Waals surface area contributed by atoms with Crippen molar-refractivity contribution < 1.29 is 37.6 Å². The van der Waals surface area contributed by atoms with Gasteiger partial charge in [-0.3, -0.25) is 18.6 Å². The lowest BCUT2D eigenvalue weighted by molar-refractivity contribution is -0.161. The van der Waals surface area contributed by atoms with Crippen LogP contribution in [0.15, 0.2) is 194 Å². The highest BCUT2D eigenvalue weighted by molar-refractivity contribution is 7.47. The Kier molecular flexibility index (Phi) is 81.5. The Morgan fingerprint density at radius 3 is 0.748 bits per heavy atom. The Hall–Kier alpha value is -5.15. The van der Waals surface area contributed by atoms with Crippen LogP contribution in [0.4, 0.5) is 0 Å². The first-order chi connectivity index (χ1) is 50.8. The van der Waals surface area contributed by atoms with Crippen LogP contribution >= 0.6 is 7.82 Å². The third-order valence-corrected chi connectivity index (χ3v) is 18.5. The summed E-state index contributed by atoms with van der Waals surface area (Å²) in [6.45, 7) is 3.53. The molecule has 0 heterocycles. The van der Waals surface area contributed by atoms with Crippen molar-refractivity contribution in [3.8, 4) is 0 Å². The van der Waals surface area contributed by atoms with E-state index in [0.29, 0.717) is 6.42 Å². The molecule has 0 saturated heterocycles. The maximum Gasteiger partial charge on any atom is 0.472 e. The van der Waals surface area contributed by atoms with Crippen LogP contribution in [0, 0.1) is 0 Å². The van der Waals surface area contributed by atoms with Crippen molar-refractivity contribution in [2.24, 2.45) is 5.73 Å². The number of unbranched alkanes of at least 4 members (excludes halogenated alkanes) is 32. The summed E-state index contributed by atoms with van der Waals surface area (Å²) in [5, 5.41) is 0. The average molecular weight is 1450 g/mol. The molecule has 0 spiro atoms. The van der Waals surface area contributed by atoms with Gasteiger partial charge >= 0.3 is 19.8 Å². The van der Waals surface area contributed by atoms with Gasteiger partial charge in [-0.05, 0) is 141 Å². The van der Waals surface area contributed by atoms with E-state index in [1.165, 1.54) is 173 Å².